The molecule has 1 aliphatic heterocycles. The molecule has 0 aromatic carbocycles. The van der Waals surface area contributed by atoms with E-state index >= 15 is 0 Å². The van der Waals surface area contributed by atoms with E-state index in [-0.39, 0.29) is 29.7 Å². The van der Waals surface area contributed by atoms with Crippen molar-refractivity contribution in [2.24, 2.45) is 4.99 Å². The second-order valence-electron chi connectivity index (χ2n) is 8.03. The van der Waals surface area contributed by atoms with Crippen molar-refractivity contribution >= 4 is 45.6 Å². The average molecular weight is 523 g/mol. The number of guanidine groups is 1. The Labute approximate surface area is 186 Å². The minimum atomic E-state index is -3.13. The van der Waals surface area contributed by atoms with Gasteiger partial charge in [-0.25, -0.2) is 13.4 Å². The second-order valence-corrected chi connectivity index (χ2v) is 10.9. The van der Waals surface area contributed by atoms with Gasteiger partial charge in [-0.15, -0.1) is 24.0 Å². The molecule has 160 valence electrons. The number of aliphatic imine (C=N–C) groups is 1. The van der Waals surface area contributed by atoms with Crippen LogP contribution in [-0.2, 0) is 9.84 Å². The summed E-state index contributed by atoms with van der Waals surface area (Å²) >= 11 is 0. The third kappa shape index (κ3) is 7.06. The van der Waals surface area contributed by atoms with E-state index in [9.17, 15) is 8.42 Å². The number of rotatable bonds is 5. The van der Waals surface area contributed by atoms with Gasteiger partial charge in [-0.1, -0.05) is 6.07 Å². The van der Waals surface area contributed by atoms with Crippen molar-refractivity contribution in [1.29, 1.82) is 0 Å². The molecule has 2 N–H and O–H groups in total. The third-order valence-corrected chi connectivity index (χ3v) is 7.48. The molecule has 0 unspecified atom stereocenters. The summed E-state index contributed by atoms with van der Waals surface area (Å²) in [6, 6.07) is 4.47. The minimum Gasteiger partial charge on any atom is -0.356 e. The molecule has 0 atom stereocenters. The molecule has 1 saturated heterocycles. The Hall–Kier alpha value is -1.10. The smallest absolute Gasteiger partial charge is 0.191 e. The van der Waals surface area contributed by atoms with Crippen molar-refractivity contribution < 1.29 is 8.42 Å². The van der Waals surface area contributed by atoms with Crippen LogP contribution in [0.15, 0.2) is 23.3 Å². The quantitative estimate of drug-likeness (QED) is 0.350. The largest absolute Gasteiger partial charge is 0.356 e. The van der Waals surface area contributed by atoms with E-state index < -0.39 is 14.6 Å². The molecule has 7 nitrogen and oxygen atoms in total. The number of aryl methyl sites for hydroxylation is 1. The van der Waals surface area contributed by atoms with Gasteiger partial charge in [-0.05, 0) is 52.2 Å². The fraction of sp³-hybridized carbons (Fsp3) is 0.684. The molecule has 9 heteroatoms. The molecule has 0 aliphatic carbocycles. The van der Waals surface area contributed by atoms with Gasteiger partial charge < -0.3 is 15.5 Å². The van der Waals surface area contributed by atoms with Gasteiger partial charge in [0.1, 0.15) is 5.82 Å². The summed E-state index contributed by atoms with van der Waals surface area (Å²) in [6.45, 7) is 9.44. The first-order chi connectivity index (χ1) is 12.6. The van der Waals surface area contributed by atoms with Crippen LogP contribution in [0.5, 0.6) is 0 Å². The number of pyridine rings is 1. The van der Waals surface area contributed by atoms with Gasteiger partial charge in [-0.3, -0.25) is 4.99 Å². The van der Waals surface area contributed by atoms with E-state index in [4.69, 9.17) is 0 Å². The lowest BCUT2D eigenvalue weighted by atomic mass is 10.1. The Balaban J connectivity index is 0.00000392. The number of nitrogens with one attached hydrogen (secondary N) is 2. The molecular formula is C19H34IN5O2S. The van der Waals surface area contributed by atoms with E-state index in [1.807, 2.05) is 13.1 Å². The first-order valence-corrected chi connectivity index (χ1v) is 11.1. The topological polar surface area (TPSA) is 86.7 Å². The zero-order valence-corrected chi connectivity index (χ0v) is 20.7. The first-order valence-electron chi connectivity index (χ1n) is 9.49. The SMILES string of the molecule is CN=C(NCCS(=O)(=O)C(C)(C)C)NC1CCN(c2ccc(C)cn2)CC1.I. The zero-order chi connectivity index (χ0) is 20.1. The van der Waals surface area contributed by atoms with Gasteiger partial charge >= 0.3 is 0 Å². The fourth-order valence-corrected chi connectivity index (χ4v) is 3.88. The second kappa shape index (κ2) is 10.6. The van der Waals surface area contributed by atoms with Crippen molar-refractivity contribution in [1.82, 2.24) is 15.6 Å². The summed E-state index contributed by atoms with van der Waals surface area (Å²) in [5.74, 6) is 1.77. The van der Waals surface area contributed by atoms with E-state index in [1.54, 1.807) is 27.8 Å². The number of piperidine rings is 1. The van der Waals surface area contributed by atoms with Gasteiger partial charge in [0.25, 0.3) is 0 Å². The Morgan fingerprint density at radius 2 is 1.93 bits per heavy atom. The maximum atomic E-state index is 12.2. The number of anilines is 1. The summed E-state index contributed by atoms with van der Waals surface area (Å²) < 4.78 is 23.7. The molecule has 28 heavy (non-hydrogen) atoms. The molecule has 0 saturated carbocycles. The van der Waals surface area contributed by atoms with E-state index in [0.29, 0.717) is 18.5 Å². The summed E-state index contributed by atoms with van der Waals surface area (Å²) in [6.07, 6.45) is 3.87. The predicted molar refractivity (Wildman–Crippen MR) is 128 cm³/mol. The van der Waals surface area contributed by atoms with Crippen LogP contribution >= 0.6 is 24.0 Å². The maximum Gasteiger partial charge on any atom is 0.191 e. The molecule has 2 heterocycles. The van der Waals surface area contributed by atoms with E-state index in [0.717, 1.165) is 31.7 Å². The van der Waals surface area contributed by atoms with Crippen LogP contribution in [0.2, 0.25) is 0 Å². The minimum absolute atomic E-state index is 0. The molecule has 2 rings (SSSR count). The summed E-state index contributed by atoms with van der Waals surface area (Å²) in [5, 5.41) is 6.54. The lowest BCUT2D eigenvalue weighted by molar-refractivity contribution is 0.460. The number of nitrogens with zero attached hydrogens (tertiary/aromatic N) is 3. The van der Waals surface area contributed by atoms with Crippen molar-refractivity contribution in [3.63, 3.8) is 0 Å². The van der Waals surface area contributed by atoms with Gasteiger partial charge in [0, 0.05) is 38.9 Å². The monoisotopic (exact) mass is 523 g/mol. The van der Waals surface area contributed by atoms with Gasteiger partial charge in [-0.2, -0.15) is 0 Å². The number of halogens is 1. The third-order valence-electron chi connectivity index (χ3n) is 4.88. The van der Waals surface area contributed by atoms with Crippen LogP contribution in [-0.4, -0.2) is 62.6 Å². The molecule has 1 aromatic heterocycles. The first kappa shape index (κ1) is 24.9. The molecule has 1 aromatic rings. The highest BCUT2D eigenvalue weighted by atomic mass is 127. The predicted octanol–water partition coefficient (Wildman–Crippen LogP) is 2.36. The normalized spacial score (nSPS) is 16.5. The Morgan fingerprint density at radius 1 is 1.29 bits per heavy atom. The van der Waals surface area contributed by atoms with Crippen molar-refractivity contribution in [2.45, 2.75) is 51.3 Å². The Bertz CT molecular complexity index is 737. The lowest BCUT2D eigenvalue weighted by Crippen LogP contribution is -2.49. The zero-order valence-electron chi connectivity index (χ0n) is 17.5. The van der Waals surface area contributed by atoms with Gasteiger partial charge in [0.05, 0.1) is 10.5 Å². The fourth-order valence-electron chi connectivity index (χ4n) is 2.90. The highest BCUT2D eigenvalue weighted by Crippen LogP contribution is 2.18. The van der Waals surface area contributed by atoms with Crippen LogP contribution in [0.1, 0.15) is 39.2 Å². The lowest BCUT2D eigenvalue weighted by Gasteiger charge is -2.33. The highest BCUT2D eigenvalue weighted by Gasteiger charge is 2.28. The van der Waals surface area contributed by atoms with Gasteiger partial charge in [0.2, 0.25) is 0 Å². The van der Waals surface area contributed by atoms with Crippen LogP contribution in [0.4, 0.5) is 5.82 Å². The average Bonchev–Trinajstić information content (AvgIpc) is 2.61. The Kier molecular flexibility index (Phi) is 9.45. The number of hydrogen-bond donors (Lipinski definition) is 2. The summed E-state index contributed by atoms with van der Waals surface area (Å²) in [4.78, 5) is 11.0. The van der Waals surface area contributed by atoms with Crippen LogP contribution in [0, 0.1) is 6.92 Å². The summed E-state index contributed by atoms with van der Waals surface area (Å²) in [7, 11) is -1.43. The molecule has 1 aliphatic rings. The van der Waals surface area contributed by atoms with Crippen molar-refractivity contribution in [3.8, 4) is 0 Å². The number of hydrogen-bond acceptors (Lipinski definition) is 5. The van der Waals surface area contributed by atoms with E-state index in [2.05, 4.69) is 37.6 Å². The standard InChI is InChI=1S/C19H33N5O2S.HI/c1-15-6-7-17(22-14-15)24-11-8-16(9-12-24)23-18(20-5)21-10-13-27(25,26)19(2,3)4;/h6-7,14,16H,8-13H2,1-5H3,(H2,20,21,23);1H. The van der Waals surface area contributed by atoms with Crippen molar-refractivity contribution in [2.75, 3.05) is 37.3 Å². The molecule has 0 radical (unpaired) electrons. The number of sulfone groups is 1. The molecule has 0 bridgehead atoms. The highest BCUT2D eigenvalue weighted by molar-refractivity contribution is 14.0. The Morgan fingerprint density at radius 3 is 2.43 bits per heavy atom. The number of aromatic nitrogens is 1. The van der Waals surface area contributed by atoms with E-state index in [1.165, 1.54) is 5.56 Å². The van der Waals surface area contributed by atoms with Crippen LogP contribution < -0.4 is 15.5 Å². The molecule has 0 spiro atoms. The molecule has 0 amide bonds. The molecule has 1 fully saturated rings. The van der Waals surface area contributed by atoms with Crippen molar-refractivity contribution in [3.05, 3.63) is 23.9 Å². The maximum absolute atomic E-state index is 12.2. The summed E-state index contributed by atoms with van der Waals surface area (Å²) in [5.41, 5.74) is 1.17. The molecular weight excluding hydrogens is 489 g/mol. The van der Waals surface area contributed by atoms with Gasteiger partial charge in [0.15, 0.2) is 15.8 Å². The van der Waals surface area contributed by atoms with Crippen LogP contribution in [0.3, 0.4) is 0 Å². The van der Waals surface area contributed by atoms with Crippen LogP contribution in [0.25, 0.3) is 0 Å².